The summed E-state index contributed by atoms with van der Waals surface area (Å²) < 4.78 is 23.4. The van der Waals surface area contributed by atoms with Gasteiger partial charge in [-0.2, -0.15) is 0 Å². The molecule has 0 radical (unpaired) electrons. The monoisotopic (exact) mass is 398 g/mol. The molecular weight excluding hydrogens is 380 g/mol. The van der Waals surface area contributed by atoms with Crippen molar-refractivity contribution in [2.75, 3.05) is 7.11 Å². The molecule has 0 spiro atoms. The van der Waals surface area contributed by atoms with E-state index in [9.17, 15) is 0 Å². The smallest absolute Gasteiger partial charge is 0.202 e. The summed E-state index contributed by atoms with van der Waals surface area (Å²) in [6.45, 7) is 0.322. The number of ether oxygens (including phenoxy) is 2. The molecule has 144 valence electrons. The van der Waals surface area contributed by atoms with E-state index in [4.69, 9.17) is 18.4 Å². The zero-order valence-electron chi connectivity index (χ0n) is 15.4. The molecule has 3 aromatic heterocycles. The highest BCUT2D eigenvalue weighted by molar-refractivity contribution is 7.98. The molecule has 0 saturated carbocycles. The standard InChI is InChI=1S/C19H18N4O4S/c1-23-18(11-26-15-7-5-14(24-2)6-8-15)20-21-19(23)28-12-13-10-17(27-22-13)16-4-3-9-25-16/h3-10H,11-12H2,1-2H3. The van der Waals surface area contributed by atoms with Gasteiger partial charge in [0.05, 0.1) is 19.1 Å². The third kappa shape index (κ3) is 4.04. The van der Waals surface area contributed by atoms with Crippen LogP contribution in [0, 0.1) is 0 Å². The van der Waals surface area contributed by atoms with E-state index >= 15 is 0 Å². The lowest BCUT2D eigenvalue weighted by Crippen LogP contribution is -2.04. The number of hydrogen-bond acceptors (Lipinski definition) is 8. The van der Waals surface area contributed by atoms with Crippen LogP contribution < -0.4 is 9.47 Å². The SMILES string of the molecule is COc1ccc(OCc2nnc(SCc3cc(-c4ccco4)on3)n2C)cc1. The quantitative estimate of drug-likeness (QED) is 0.412. The predicted molar refractivity (Wildman–Crippen MR) is 102 cm³/mol. The van der Waals surface area contributed by atoms with Crippen LogP contribution in [0.3, 0.4) is 0 Å². The van der Waals surface area contributed by atoms with E-state index in [-0.39, 0.29) is 0 Å². The average Bonchev–Trinajstić information content (AvgIpc) is 3.47. The van der Waals surface area contributed by atoms with Crippen LogP contribution in [0.5, 0.6) is 11.5 Å². The summed E-state index contributed by atoms with van der Waals surface area (Å²) in [6.07, 6.45) is 1.60. The van der Waals surface area contributed by atoms with E-state index in [1.165, 1.54) is 11.8 Å². The molecule has 0 aliphatic rings. The maximum absolute atomic E-state index is 5.77. The lowest BCUT2D eigenvalue weighted by atomic mass is 10.3. The molecule has 0 saturated heterocycles. The first-order chi connectivity index (χ1) is 13.7. The second-order valence-electron chi connectivity index (χ2n) is 5.87. The van der Waals surface area contributed by atoms with Crippen LogP contribution in [0.4, 0.5) is 0 Å². The van der Waals surface area contributed by atoms with Crippen LogP contribution in [0.1, 0.15) is 11.5 Å². The number of furan rings is 1. The van der Waals surface area contributed by atoms with Crippen LogP contribution in [0.15, 0.2) is 62.8 Å². The first-order valence-corrected chi connectivity index (χ1v) is 9.49. The minimum Gasteiger partial charge on any atom is -0.497 e. The van der Waals surface area contributed by atoms with E-state index in [0.717, 1.165) is 28.2 Å². The highest BCUT2D eigenvalue weighted by Gasteiger charge is 2.13. The van der Waals surface area contributed by atoms with Gasteiger partial charge in [-0.25, -0.2) is 0 Å². The van der Waals surface area contributed by atoms with Crippen molar-refractivity contribution in [3.8, 4) is 23.0 Å². The Labute approximate surface area is 165 Å². The lowest BCUT2D eigenvalue weighted by molar-refractivity contribution is 0.290. The maximum atomic E-state index is 5.77. The lowest BCUT2D eigenvalue weighted by Gasteiger charge is -2.07. The molecule has 0 aliphatic heterocycles. The van der Waals surface area contributed by atoms with Crippen molar-refractivity contribution in [1.29, 1.82) is 0 Å². The van der Waals surface area contributed by atoms with Crippen molar-refractivity contribution < 1.29 is 18.4 Å². The summed E-state index contributed by atoms with van der Waals surface area (Å²) in [6, 6.07) is 12.9. The fourth-order valence-electron chi connectivity index (χ4n) is 2.47. The fourth-order valence-corrected chi connectivity index (χ4v) is 3.28. The molecule has 0 N–H and O–H groups in total. The molecule has 3 heterocycles. The van der Waals surface area contributed by atoms with Gasteiger partial charge in [-0.3, -0.25) is 0 Å². The number of rotatable bonds is 8. The number of nitrogens with zero attached hydrogens (tertiary/aromatic N) is 4. The summed E-state index contributed by atoms with van der Waals surface area (Å²) in [4.78, 5) is 0. The van der Waals surface area contributed by atoms with Crippen LogP contribution in [-0.4, -0.2) is 27.0 Å². The van der Waals surface area contributed by atoms with Crippen LogP contribution >= 0.6 is 11.8 Å². The maximum Gasteiger partial charge on any atom is 0.202 e. The second-order valence-corrected chi connectivity index (χ2v) is 6.81. The van der Waals surface area contributed by atoms with Crippen LogP contribution in [-0.2, 0) is 19.4 Å². The van der Waals surface area contributed by atoms with Gasteiger partial charge in [0.1, 0.15) is 18.1 Å². The van der Waals surface area contributed by atoms with Gasteiger partial charge in [0.2, 0.25) is 5.76 Å². The molecule has 0 aliphatic carbocycles. The summed E-state index contributed by atoms with van der Waals surface area (Å²) in [7, 11) is 3.54. The van der Waals surface area contributed by atoms with E-state index in [2.05, 4.69) is 15.4 Å². The van der Waals surface area contributed by atoms with Crippen molar-refractivity contribution in [1.82, 2.24) is 19.9 Å². The minimum absolute atomic E-state index is 0.322. The van der Waals surface area contributed by atoms with E-state index in [0.29, 0.717) is 23.9 Å². The molecule has 0 bridgehead atoms. The molecule has 9 heteroatoms. The van der Waals surface area contributed by atoms with Gasteiger partial charge in [0.25, 0.3) is 0 Å². The molecule has 28 heavy (non-hydrogen) atoms. The van der Waals surface area contributed by atoms with Gasteiger partial charge in [-0.15, -0.1) is 10.2 Å². The predicted octanol–water partition coefficient (Wildman–Crippen LogP) is 3.94. The largest absolute Gasteiger partial charge is 0.497 e. The Hall–Kier alpha value is -3.20. The Balaban J connectivity index is 1.34. The third-order valence-electron chi connectivity index (χ3n) is 4.02. The molecular formula is C19H18N4O4S. The zero-order valence-corrected chi connectivity index (χ0v) is 16.2. The van der Waals surface area contributed by atoms with Crippen molar-refractivity contribution in [3.05, 3.63) is 60.2 Å². The molecule has 0 unspecified atom stereocenters. The number of thioether (sulfide) groups is 1. The Morgan fingerprint density at radius 2 is 1.89 bits per heavy atom. The summed E-state index contributed by atoms with van der Waals surface area (Å²) in [5.74, 6) is 4.12. The Bertz CT molecular complexity index is 1020. The van der Waals surface area contributed by atoms with E-state index in [1.54, 1.807) is 19.4 Å². The Morgan fingerprint density at radius 3 is 2.64 bits per heavy atom. The van der Waals surface area contributed by atoms with Gasteiger partial charge in [-0.05, 0) is 36.4 Å². The minimum atomic E-state index is 0.322. The van der Waals surface area contributed by atoms with Crippen molar-refractivity contribution in [2.24, 2.45) is 7.05 Å². The number of hydrogen-bond donors (Lipinski definition) is 0. The van der Waals surface area contributed by atoms with Gasteiger partial charge < -0.3 is 23.0 Å². The Morgan fingerprint density at radius 1 is 1.07 bits per heavy atom. The number of methoxy groups -OCH3 is 1. The highest BCUT2D eigenvalue weighted by Crippen LogP contribution is 2.25. The fraction of sp³-hybridized carbons (Fsp3) is 0.211. The average molecular weight is 398 g/mol. The molecule has 0 amide bonds. The van der Waals surface area contributed by atoms with Gasteiger partial charge in [0.15, 0.2) is 16.7 Å². The first-order valence-electron chi connectivity index (χ1n) is 8.50. The van der Waals surface area contributed by atoms with Crippen molar-refractivity contribution >= 4 is 11.8 Å². The van der Waals surface area contributed by atoms with Gasteiger partial charge >= 0.3 is 0 Å². The first kappa shape index (κ1) is 18.2. The summed E-state index contributed by atoms with van der Waals surface area (Å²) in [5, 5.41) is 13.3. The topological polar surface area (TPSA) is 88.3 Å². The molecule has 0 atom stereocenters. The van der Waals surface area contributed by atoms with E-state index in [1.807, 2.05) is 48.0 Å². The van der Waals surface area contributed by atoms with E-state index < -0.39 is 0 Å². The Kier molecular flexibility index (Phi) is 5.34. The normalized spacial score (nSPS) is 10.9. The molecule has 1 aromatic carbocycles. The van der Waals surface area contributed by atoms with Gasteiger partial charge in [-0.1, -0.05) is 16.9 Å². The van der Waals surface area contributed by atoms with Crippen molar-refractivity contribution in [3.63, 3.8) is 0 Å². The second kappa shape index (κ2) is 8.22. The molecule has 4 aromatic rings. The molecule has 0 fully saturated rings. The number of benzene rings is 1. The summed E-state index contributed by atoms with van der Waals surface area (Å²) in [5.41, 5.74) is 0.801. The molecule has 8 nitrogen and oxygen atoms in total. The van der Waals surface area contributed by atoms with Crippen LogP contribution in [0.25, 0.3) is 11.5 Å². The van der Waals surface area contributed by atoms with Crippen molar-refractivity contribution in [2.45, 2.75) is 17.5 Å². The van der Waals surface area contributed by atoms with Crippen LogP contribution in [0.2, 0.25) is 0 Å². The number of aromatic nitrogens is 4. The summed E-state index contributed by atoms with van der Waals surface area (Å²) >= 11 is 1.52. The van der Waals surface area contributed by atoms with Gasteiger partial charge in [0, 0.05) is 18.9 Å². The highest BCUT2D eigenvalue weighted by atomic mass is 32.2. The zero-order chi connectivity index (χ0) is 19.3. The molecule has 4 rings (SSSR count). The third-order valence-corrected chi connectivity index (χ3v) is 5.08.